The maximum absolute atomic E-state index is 6.35. The Morgan fingerprint density at radius 2 is 1.02 bits per heavy atom. The molecule has 2 nitrogen and oxygen atoms in total. The van der Waals surface area contributed by atoms with E-state index in [0.29, 0.717) is 0 Å². The zero-order valence-corrected chi connectivity index (χ0v) is 32.1. The highest BCUT2D eigenvalue weighted by molar-refractivity contribution is 7.26. The summed E-state index contributed by atoms with van der Waals surface area (Å²) in [4.78, 5) is 2.46. The molecule has 58 heavy (non-hydrogen) atoms. The molecule has 0 saturated heterocycles. The SMILES string of the molecule is c1ccc(-c2ccc(N(c3ccc4oc5ccccc5c4c3)c3cccc4c3-c3ccccc3C43c4ccccc4-c4c3ccc3sc5ccccc5c43)cc2)cc1. The van der Waals surface area contributed by atoms with E-state index in [9.17, 15) is 0 Å². The van der Waals surface area contributed by atoms with Gasteiger partial charge in [-0.2, -0.15) is 0 Å². The molecule has 11 aromatic rings. The van der Waals surface area contributed by atoms with E-state index in [4.69, 9.17) is 4.42 Å². The first-order valence-electron chi connectivity index (χ1n) is 19.9. The van der Waals surface area contributed by atoms with Gasteiger partial charge in [0.25, 0.3) is 0 Å². The number of anilines is 3. The number of furan rings is 1. The number of nitrogens with zero attached hydrogens (tertiary/aromatic N) is 1. The summed E-state index contributed by atoms with van der Waals surface area (Å²) in [7, 11) is 0. The van der Waals surface area contributed by atoms with Crippen LogP contribution in [0.4, 0.5) is 17.1 Å². The first-order valence-corrected chi connectivity index (χ1v) is 20.7. The lowest BCUT2D eigenvalue weighted by molar-refractivity contribution is 0.669. The molecule has 0 N–H and O–H groups in total. The highest BCUT2D eigenvalue weighted by Gasteiger charge is 2.53. The molecule has 1 atom stereocenters. The Bertz CT molecular complexity index is 3470. The van der Waals surface area contributed by atoms with E-state index in [1.807, 2.05) is 17.4 Å². The van der Waals surface area contributed by atoms with Crippen molar-refractivity contribution in [1.29, 1.82) is 0 Å². The Morgan fingerprint density at radius 1 is 0.397 bits per heavy atom. The van der Waals surface area contributed by atoms with E-state index < -0.39 is 5.41 Å². The van der Waals surface area contributed by atoms with E-state index >= 15 is 0 Å². The standard InChI is InChI=1S/C55H33NOS/c1-2-13-34(14-3-1)35-25-27-36(28-26-35)56(37-29-31-49-42(33-37)38-15-6-10-23-48(38)57-49)47-22-12-21-45-52(47)39-16-4-8-19-43(39)55(45)44-20-9-5-17-40(44)53-46(55)30-32-51-54(53)41-18-7-11-24-50(41)58-51/h1-33H. The van der Waals surface area contributed by atoms with Gasteiger partial charge in [0.2, 0.25) is 0 Å². The second kappa shape index (κ2) is 11.9. The minimum Gasteiger partial charge on any atom is -0.456 e. The molecular weight excluding hydrogens is 723 g/mol. The molecule has 0 fully saturated rings. The smallest absolute Gasteiger partial charge is 0.135 e. The van der Waals surface area contributed by atoms with Gasteiger partial charge in [0.05, 0.1) is 11.1 Å². The highest BCUT2D eigenvalue weighted by Crippen LogP contribution is 2.66. The van der Waals surface area contributed by atoms with Crippen molar-refractivity contribution < 1.29 is 4.42 Å². The number of para-hydroxylation sites is 1. The van der Waals surface area contributed by atoms with Crippen LogP contribution in [0.1, 0.15) is 22.3 Å². The van der Waals surface area contributed by atoms with E-state index in [0.717, 1.165) is 39.0 Å². The highest BCUT2D eigenvalue weighted by atomic mass is 32.1. The fourth-order valence-electron chi connectivity index (χ4n) is 10.4. The molecule has 13 rings (SSSR count). The summed E-state index contributed by atoms with van der Waals surface area (Å²) in [5.41, 5.74) is 17.6. The second-order valence-electron chi connectivity index (χ2n) is 15.5. The van der Waals surface area contributed by atoms with Gasteiger partial charge < -0.3 is 9.32 Å². The maximum atomic E-state index is 6.35. The number of thiophene rings is 1. The van der Waals surface area contributed by atoms with Crippen molar-refractivity contribution in [3.05, 3.63) is 222 Å². The lowest BCUT2D eigenvalue weighted by Gasteiger charge is -2.32. The van der Waals surface area contributed by atoms with E-state index in [2.05, 4.69) is 199 Å². The van der Waals surface area contributed by atoms with Crippen LogP contribution in [-0.4, -0.2) is 0 Å². The lowest BCUT2D eigenvalue weighted by atomic mass is 9.70. The largest absolute Gasteiger partial charge is 0.456 e. The number of hydrogen-bond acceptors (Lipinski definition) is 3. The molecule has 2 aromatic heterocycles. The Morgan fingerprint density at radius 3 is 1.84 bits per heavy atom. The Balaban J connectivity index is 1.11. The Labute approximate surface area is 339 Å². The number of rotatable bonds is 4. The average Bonchev–Trinajstić information content (AvgIpc) is 4.02. The van der Waals surface area contributed by atoms with E-state index in [1.54, 1.807) is 0 Å². The number of hydrogen-bond donors (Lipinski definition) is 0. The molecule has 0 amide bonds. The maximum Gasteiger partial charge on any atom is 0.135 e. The number of benzene rings is 9. The zero-order chi connectivity index (χ0) is 38.0. The van der Waals surface area contributed by atoms with Crippen molar-refractivity contribution in [1.82, 2.24) is 0 Å². The lowest BCUT2D eigenvalue weighted by Crippen LogP contribution is -2.26. The van der Waals surface area contributed by atoms with Gasteiger partial charge in [0.15, 0.2) is 0 Å². The van der Waals surface area contributed by atoms with Crippen LogP contribution < -0.4 is 4.90 Å². The summed E-state index contributed by atoms with van der Waals surface area (Å²) in [6.45, 7) is 0. The van der Waals surface area contributed by atoms with Gasteiger partial charge in [-0.25, -0.2) is 0 Å². The Kier molecular flexibility index (Phi) is 6.56. The summed E-state index contributed by atoms with van der Waals surface area (Å²) < 4.78 is 9.01. The number of fused-ring (bicyclic) bond motifs is 17. The normalized spacial score (nSPS) is 15.0. The van der Waals surface area contributed by atoms with Crippen molar-refractivity contribution in [2.24, 2.45) is 0 Å². The molecule has 2 heterocycles. The molecule has 9 aromatic carbocycles. The topological polar surface area (TPSA) is 16.4 Å². The molecule has 270 valence electrons. The van der Waals surface area contributed by atoms with Crippen LogP contribution >= 0.6 is 11.3 Å². The first-order chi connectivity index (χ1) is 28.8. The van der Waals surface area contributed by atoms with Crippen molar-refractivity contribution in [3.8, 4) is 33.4 Å². The molecule has 1 spiro atoms. The first kappa shape index (κ1) is 31.9. The van der Waals surface area contributed by atoms with Crippen LogP contribution in [0.25, 0.3) is 75.5 Å². The van der Waals surface area contributed by atoms with Gasteiger partial charge in [-0.05, 0) is 105 Å². The molecular formula is C55H33NOS. The molecule has 0 saturated carbocycles. The summed E-state index contributed by atoms with van der Waals surface area (Å²) in [6, 6.07) is 73.7. The minimum atomic E-state index is -0.487. The molecule has 1 unspecified atom stereocenters. The third-order valence-corrected chi connectivity index (χ3v) is 13.8. The van der Waals surface area contributed by atoms with E-state index in [1.165, 1.54) is 75.8 Å². The van der Waals surface area contributed by atoms with Crippen LogP contribution in [0.2, 0.25) is 0 Å². The van der Waals surface area contributed by atoms with Gasteiger partial charge >= 0.3 is 0 Å². The fraction of sp³-hybridized carbons (Fsp3) is 0.0182. The zero-order valence-electron chi connectivity index (χ0n) is 31.3. The fourth-order valence-corrected chi connectivity index (χ4v) is 11.5. The molecule has 3 heteroatoms. The summed E-state index contributed by atoms with van der Waals surface area (Å²) in [6.07, 6.45) is 0. The third-order valence-electron chi connectivity index (χ3n) is 12.7. The molecule has 2 aliphatic rings. The minimum absolute atomic E-state index is 0.487. The summed E-state index contributed by atoms with van der Waals surface area (Å²) >= 11 is 1.89. The molecule has 2 aliphatic carbocycles. The van der Waals surface area contributed by atoms with Crippen molar-refractivity contribution in [3.63, 3.8) is 0 Å². The third kappa shape index (κ3) is 4.21. The monoisotopic (exact) mass is 755 g/mol. The van der Waals surface area contributed by atoms with Crippen LogP contribution in [-0.2, 0) is 5.41 Å². The molecule has 0 aliphatic heterocycles. The van der Waals surface area contributed by atoms with Crippen LogP contribution in [0.5, 0.6) is 0 Å². The average molecular weight is 756 g/mol. The van der Waals surface area contributed by atoms with Crippen molar-refractivity contribution >= 4 is 70.5 Å². The van der Waals surface area contributed by atoms with Gasteiger partial charge in [0, 0.05) is 47.9 Å². The van der Waals surface area contributed by atoms with Gasteiger partial charge in [-0.1, -0.05) is 146 Å². The quantitative estimate of drug-likeness (QED) is 0.178. The van der Waals surface area contributed by atoms with Crippen LogP contribution in [0.15, 0.2) is 205 Å². The van der Waals surface area contributed by atoms with Crippen molar-refractivity contribution in [2.45, 2.75) is 5.41 Å². The van der Waals surface area contributed by atoms with Gasteiger partial charge in [-0.15, -0.1) is 11.3 Å². The summed E-state index contributed by atoms with van der Waals surface area (Å²) in [5, 5.41) is 4.92. The molecule has 0 bridgehead atoms. The Hall–Kier alpha value is -7.20. The predicted octanol–water partition coefficient (Wildman–Crippen LogP) is 15.4. The van der Waals surface area contributed by atoms with Crippen LogP contribution in [0.3, 0.4) is 0 Å². The summed E-state index contributed by atoms with van der Waals surface area (Å²) in [5.74, 6) is 0. The molecule has 0 radical (unpaired) electrons. The van der Waals surface area contributed by atoms with Gasteiger partial charge in [0.1, 0.15) is 11.2 Å². The predicted molar refractivity (Wildman–Crippen MR) is 243 cm³/mol. The van der Waals surface area contributed by atoms with Crippen molar-refractivity contribution in [2.75, 3.05) is 4.90 Å². The van der Waals surface area contributed by atoms with Crippen LogP contribution in [0, 0.1) is 0 Å². The second-order valence-corrected chi connectivity index (χ2v) is 16.6. The van der Waals surface area contributed by atoms with Gasteiger partial charge in [-0.3, -0.25) is 0 Å². The van der Waals surface area contributed by atoms with E-state index in [-0.39, 0.29) is 0 Å².